The molecule has 152 valence electrons. The van der Waals surface area contributed by atoms with Gasteiger partial charge >= 0.3 is 5.97 Å². The number of nitrogens with one attached hydrogen (secondary N) is 1. The van der Waals surface area contributed by atoms with E-state index in [1.54, 1.807) is 30.3 Å². The van der Waals surface area contributed by atoms with Gasteiger partial charge in [0.15, 0.2) is 16.7 Å². The van der Waals surface area contributed by atoms with Crippen LogP contribution < -0.4 is 15.0 Å². The van der Waals surface area contributed by atoms with Crippen molar-refractivity contribution in [3.8, 4) is 28.8 Å². The van der Waals surface area contributed by atoms with Crippen molar-refractivity contribution < 1.29 is 19.4 Å². The van der Waals surface area contributed by atoms with Gasteiger partial charge in [0.2, 0.25) is 0 Å². The highest BCUT2D eigenvalue weighted by Gasteiger charge is 2.16. The highest BCUT2D eigenvalue weighted by molar-refractivity contribution is 7.98. The van der Waals surface area contributed by atoms with E-state index in [9.17, 15) is 14.9 Å². The SMILES string of the molecule is COc1ccc(-c2nc(SCc3ccc(C(=O)O)cc3)[nH]c(=O)c2C#N)cc1OC. The van der Waals surface area contributed by atoms with Gasteiger partial charge in [-0.2, -0.15) is 5.26 Å². The summed E-state index contributed by atoms with van der Waals surface area (Å²) in [6, 6.07) is 13.4. The molecule has 0 aliphatic rings. The Balaban J connectivity index is 1.93. The lowest BCUT2D eigenvalue weighted by Crippen LogP contribution is -2.14. The number of benzene rings is 2. The van der Waals surface area contributed by atoms with Crippen LogP contribution in [0.2, 0.25) is 0 Å². The summed E-state index contributed by atoms with van der Waals surface area (Å²) >= 11 is 1.27. The zero-order chi connectivity index (χ0) is 21.7. The number of thioether (sulfide) groups is 1. The molecule has 0 fully saturated rings. The predicted octanol–water partition coefficient (Wildman–Crippen LogP) is 3.32. The first-order valence-corrected chi connectivity index (χ1v) is 9.67. The van der Waals surface area contributed by atoms with Gasteiger partial charge in [-0.15, -0.1) is 0 Å². The summed E-state index contributed by atoms with van der Waals surface area (Å²) in [5.41, 5.74) is 1.21. The molecule has 2 aromatic carbocycles. The quantitative estimate of drug-likeness (QED) is 0.438. The van der Waals surface area contributed by atoms with Crippen LogP contribution in [-0.4, -0.2) is 35.3 Å². The summed E-state index contributed by atoms with van der Waals surface area (Å²) in [5.74, 6) is 0.435. The molecule has 0 aliphatic carbocycles. The van der Waals surface area contributed by atoms with E-state index in [4.69, 9.17) is 14.6 Å². The number of carbonyl (C=O) groups is 1. The summed E-state index contributed by atoms with van der Waals surface area (Å²) < 4.78 is 10.5. The van der Waals surface area contributed by atoms with Crippen molar-refractivity contribution in [1.29, 1.82) is 5.26 Å². The molecule has 0 spiro atoms. The number of hydrogen-bond donors (Lipinski definition) is 2. The maximum atomic E-state index is 12.4. The average Bonchev–Trinajstić information content (AvgIpc) is 2.77. The smallest absolute Gasteiger partial charge is 0.335 e. The van der Waals surface area contributed by atoms with Crippen LogP contribution in [0.1, 0.15) is 21.5 Å². The van der Waals surface area contributed by atoms with Gasteiger partial charge in [-0.05, 0) is 35.9 Å². The molecule has 9 heteroatoms. The molecule has 0 saturated heterocycles. The molecule has 0 amide bonds. The van der Waals surface area contributed by atoms with Gasteiger partial charge in [-0.25, -0.2) is 9.78 Å². The Hall–Kier alpha value is -3.77. The van der Waals surface area contributed by atoms with Crippen LogP contribution in [0.25, 0.3) is 11.3 Å². The van der Waals surface area contributed by atoms with E-state index in [0.29, 0.717) is 28.0 Å². The molecular formula is C21H17N3O5S. The van der Waals surface area contributed by atoms with Crippen LogP contribution in [0.4, 0.5) is 0 Å². The molecule has 0 atom stereocenters. The molecule has 3 rings (SSSR count). The molecule has 0 unspecified atom stereocenters. The first-order chi connectivity index (χ1) is 14.5. The minimum Gasteiger partial charge on any atom is -0.493 e. The fourth-order valence-corrected chi connectivity index (χ4v) is 3.53. The first-order valence-electron chi connectivity index (χ1n) is 8.68. The Morgan fingerprint density at radius 1 is 1.17 bits per heavy atom. The lowest BCUT2D eigenvalue weighted by Gasteiger charge is -2.11. The lowest BCUT2D eigenvalue weighted by molar-refractivity contribution is 0.0697. The van der Waals surface area contributed by atoms with E-state index in [1.807, 2.05) is 6.07 Å². The van der Waals surface area contributed by atoms with E-state index >= 15 is 0 Å². The number of methoxy groups -OCH3 is 2. The molecule has 0 bridgehead atoms. The fraction of sp³-hybridized carbons (Fsp3) is 0.143. The van der Waals surface area contributed by atoms with E-state index in [2.05, 4.69) is 9.97 Å². The molecule has 0 aliphatic heterocycles. The number of nitriles is 1. The highest BCUT2D eigenvalue weighted by atomic mass is 32.2. The average molecular weight is 423 g/mol. The molecule has 2 N–H and O–H groups in total. The third-order valence-electron chi connectivity index (χ3n) is 4.24. The van der Waals surface area contributed by atoms with Gasteiger partial charge < -0.3 is 19.6 Å². The second kappa shape index (κ2) is 9.15. The van der Waals surface area contributed by atoms with Crippen molar-refractivity contribution in [2.75, 3.05) is 14.2 Å². The maximum absolute atomic E-state index is 12.4. The summed E-state index contributed by atoms with van der Waals surface area (Å²) in [6.07, 6.45) is 0. The summed E-state index contributed by atoms with van der Waals surface area (Å²) in [7, 11) is 3.01. The zero-order valence-corrected chi connectivity index (χ0v) is 16.9. The van der Waals surface area contributed by atoms with E-state index in [0.717, 1.165) is 5.56 Å². The number of aromatic amines is 1. The predicted molar refractivity (Wildman–Crippen MR) is 111 cm³/mol. The fourth-order valence-electron chi connectivity index (χ4n) is 2.71. The zero-order valence-electron chi connectivity index (χ0n) is 16.1. The summed E-state index contributed by atoms with van der Waals surface area (Å²) in [5, 5.41) is 18.8. The molecular weight excluding hydrogens is 406 g/mol. The second-order valence-corrected chi connectivity index (χ2v) is 7.03. The summed E-state index contributed by atoms with van der Waals surface area (Å²) in [4.78, 5) is 30.4. The molecule has 1 aromatic heterocycles. The van der Waals surface area contributed by atoms with Crippen molar-refractivity contribution in [2.24, 2.45) is 0 Å². The third-order valence-corrected chi connectivity index (χ3v) is 5.19. The topological polar surface area (TPSA) is 125 Å². The number of carboxylic acids is 1. The van der Waals surface area contributed by atoms with Crippen molar-refractivity contribution in [3.05, 3.63) is 69.5 Å². The van der Waals surface area contributed by atoms with E-state index in [-0.39, 0.29) is 16.8 Å². The Morgan fingerprint density at radius 2 is 1.87 bits per heavy atom. The molecule has 0 radical (unpaired) electrons. The number of ether oxygens (including phenoxy) is 2. The van der Waals surface area contributed by atoms with Crippen LogP contribution in [0.3, 0.4) is 0 Å². The first kappa shape index (κ1) is 21.0. The minimum absolute atomic E-state index is 0.0996. The number of hydrogen-bond acceptors (Lipinski definition) is 7. The maximum Gasteiger partial charge on any atom is 0.335 e. The van der Waals surface area contributed by atoms with E-state index < -0.39 is 11.5 Å². The molecule has 0 saturated carbocycles. The Bertz CT molecular complexity index is 1180. The third kappa shape index (κ3) is 4.45. The van der Waals surface area contributed by atoms with Crippen molar-refractivity contribution in [1.82, 2.24) is 9.97 Å². The van der Waals surface area contributed by atoms with Gasteiger partial charge in [0.1, 0.15) is 11.6 Å². The Morgan fingerprint density at radius 3 is 2.47 bits per heavy atom. The number of nitrogens with zero attached hydrogens (tertiary/aromatic N) is 2. The van der Waals surface area contributed by atoms with Crippen molar-refractivity contribution in [3.63, 3.8) is 0 Å². The lowest BCUT2D eigenvalue weighted by atomic mass is 10.1. The normalized spacial score (nSPS) is 10.3. The Labute approximate surface area is 176 Å². The van der Waals surface area contributed by atoms with Crippen molar-refractivity contribution >= 4 is 17.7 Å². The minimum atomic E-state index is -0.994. The summed E-state index contributed by atoms with van der Waals surface area (Å²) in [6.45, 7) is 0. The van der Waals surface area contributed by atoms with Crippen LogP contribution in [0.15, 0.2) is 52.4 Å². The molecule has 8 nitrogen and oxygen atoms in total. The van der Waals surface area contributed by atoms with E-state index in [1.165, 1.54) is 38.1 Å². The van der Waals surface area contributed by atoms with Crippen molar-refractivity contribution in [2.45, 2.75) is 10.9 Å². The Kier molecular flexibility index (Phi) is 6.39. The van der Waals surface area contributed by atoms with Gasteiger partial charge in [0.25, 0.3) is 5.56 Å². The number of rotatable bonds is 7. The monoisotopic (exact) mass is 423 g/mol. The number of aromatic nitrogens is 2. The largest absolute Gasteiger partial charge is 0.493 e. The molecule has 1 heterocycles. The number of aromatic carboxylic acids is 1. The van der Waals surface area contributed by atoms with Crippen LogP contribution in [0.5, 0.6) is 11.5 Å². The number of H-pyrrole nitrogens is 1. The molecule has 3 aromatic rings. The molecule has 30 heavy (non-hydrogen) atoms. The second-order valence-electron chi connectivity index (χ2n) is 6.07. The van der Waals surface area contributed by atoms with Gasteiger partial charge in [-0.1, -0.05) is 23.9 Å². The highest BCUT2D eigenvalue weighted by Crippen LogP contribution is 2.33. The van der Waals surface area contributed by atoms with Crippen LogP contribution in [-0.2, 0) is 5.75 Å². The van der Waals surface area contributed by atoms with Crippen LogP contribution >= 0.6 is 11.8 Å². The van der Waals surface area contributed by atoms with Gasteiger partial charge in [-0.3, -0.25) is 4.79 Å². The van der Waals surface area contributed by atoms with Crippen LogP contribution in [0, 0.1) is 11.3 Å². The standard InChI is InChI=1S/C21H17N3O5S/c1-28-16-8-7-14(9-17(16)29-2)18-15(10-22)19(25)24-21(23-18)30-11-12-3-5-13(6-4-12)20(26)27/h3-9H,11H2,1-2H3,(H,26,27)(H,23,24,25). The van der Waals surface area contributed by atoms with Gasteiger partial charge in [0, 0.05) is 11.3 Å². The van der Waals surface area contributed by atoms with Gasteiger partial charge in [0.05, 0.1) is 25.5 Å². The number of carboxylic acid groups (broad SMARTS) is 1.